The molecule has 0 aliphatic heterocycles. The lowest BCUT2D eigenvalue weighted by Crippen LogP contribution is -2.10. The van der Waals surface area contributed by atoms with Gasteiger partial charge in [0.2, 0.25) is 10.0 Å². The van der Waals surface area contributed by atoms with Crippen LogP contribution in [-0.4, -0.2) is 24.2 Å². The molecule has 1 aromatic carbocycles. The van der Waals surface area contributed by atoms with Crippen LogP contribution in [0.2, 0.25) is 0 Å². The molecule has 0 amide bonds. The lowest BCUT2D eigenvalue weighted by Gasteiger charge is -2.09. The molecule has 0 atom stereocenters. The number of sulfonamides is 1. The van der Waals surface area contributed by atoms with E-state index in [1.165, 1.54) is 0 Å². The van der Waals surface area contributed by atoms with Crippen molar-refractivity contribution in [1.82, 2.24) is 9.55 Å². The minimum atomic E-state index is -3.25. The van der Waals surface area contributed by atoms with E-state index >= 15 is 0 Å². The van der Waals surface area contributed by atoms with Gasteiger partial charge in [0.1, 0.15) is 5.82 Å². The maximum atomic E-state index is 11.2. The minimum Gasteiger partial charge on any atom is -0.378 e. The fourth-order valence-corrected chi connectivity index (χ4v) is 2.21. The average molecular weight is 280 g/mol. The van der Waals surface area contributed by atoms with E-state index in [-0.39, 0.29) is 0 Å². The van der Waals surface area contributed by atoms with Gasteiger partial charge in [-0.1, -0.05) is 6.07 Å². The second-order valence-electron chi connectivity index (χ2n) is 4.26. The van der Waals surface area contributed by atoms with Gasteiger partial charge in [0, 0.05) is 25.1 Å². The highest BCUT2D eigenvalue weighted by Gasteiger charge is 2.03. The van der Waals surface area contributed by atoms with Crippen LogP contribution in [0.15, 0.2) is 36.7 Å². The second-order valence-corrected chi connectivity index (χ2v) is 6.01. The minimum absolute atomic E-state index is 0.535. The van der Waals surface area contributed by atoms with Crippen molar-refractivity contribution in [2.75, 3.05) is 16.3 Å². The quantitative estimate of drug-likeness (QED) is 0.868. The number of nitrogens with zero attached hydrogens (tertiary/aromatic N) is 2. The van der Waals surface area contributed by atoms with E-state index in [0.29, 0.717) is 12.2 Å². The van der Waals surface area contributed by atoms with Crippen LogP contribution in [0.5, 0.6) is 0 Å². The lowest BCUT2D eigenvalue weighted by molar-refractivity contribution is 0.607. The van der Waals surface area contributed by atoms with Crippen molar-refractivity contribution in [2.24, 2.45) is 7.05 Å². The van der Waals surface area contributed by atoms with E-state index in [0.717, 1.165) is 17.8 Å². The Labute approximate surface area is 112 Å². The number of rotatable bonds is 5. The van der Waals surface area contributed by atoms with Crippen molar-refractivity contribution in [3.05, 3.63) is 42.5 Å². The summed E-state index contributed by atoms with van der Waals surface area (Å²) in [5.74, 6) is 0.904. The van der Waals surface area contributed by atoms with Gasteiger partial charge in [0.05, 0.1) is 18.5 Å². The Bertz CT molecular complexity index is 664. The molecule has 0 spiro atoms. The first-order valence-electron chi connectivity index (χ1n) is 5.72. The SMILES string of the molecule is Cn1ccnc1CNc1cccc(NS(C)(=O)=O)c1. The molecule has 0 fully saturated rings. The molecule has 0 bridgehead atoms. The van der Waals surface area contributed by atoms with Crippen LogP contribution in [0.1, 0.15) is 5.82 Å². The molecule has 1 heterocycles. The molecule has 0 saturated carbocycles. The Morgan fingerprint density at radius 2 is 2.05 bits per heavy atom. The summed E-state index contributed by atoms with van der Waals surface area (Å²) in [6.45, 7) is 0.575. The van der Waals surface area contributed by atoms with Gasteiger partial charge in [-0.25, -0.2) is 13.4 Å². The zero-order valence-corrected chi connectivity index (χ0v) is 11.6. The second kappa shape index (κ2) is 5.31. The molecule has 19 heavy (non-hydrogen) atoms. The van der Waals surface area contributed by atoms with Gasteiger partial charge in [-0.05, 0) is 18.2 Å². The first-order chi connectivity index (χ1) is 8.94. The number of benzene rings is 1. The van der Waals surface area contributed by atoms with E-state index < -0.39 is 10.0 Å². The molecule has 0 aliphatic carbocycles. The molecule has 6 nitrogen and oxygen atoms in total. The Kier molecular flexibility index (Phi) is 3.75. The first kappa shape index (κ1) is 13.4. The van der Waals surface area contributed by atoms with Crippen molar-refractivity contribution in [3.8, 4) is 0 Å². The van der Waals surface area contributed by atoms with Gasteiger partial charge < -0.3 is 9.88 Å². The van der Waals surface area contributed by atoms with Crippen molar-refractivity contribution < 1.29 is 8.42 Å². The van der Waals surface area contributed by atoms with E-state index in [9.17, 15) is 8.42 Å². The highest BCUT2D eigenvalue weighted by Crippen LogP contribution is 2.16. The molecule has 7 heteroatoms. The summed E-state index contributed by atoms with van der Waals surface area (Å²) in [5, 5.41) is 3.20. The topological polar surface area (TPSA) is 76.0 Å². The van der Waals surface area contributed by atoms with Crippen molar-refractivity contribution in [1.29, 1.82) is 0 Å². The normalized spacial score (nSPS) is 11.3. The Balaban J connectivity index is 2.05. The van der Waals surface area contributed by atoms with Gasteiger partial charge >= 0.3 is 0 Å². The van der Waals surface area contributed by atoms with Crippen LogP contribution < -0.4 is 10.0 Å². The van der Waals surface area contributed by atoms with E-state index in [1.54, 1.807) is 24.4 Å². The number of aryl methyl sites for hydroxylation is 1. The highest BCUT2D eigenvalue weighted by molar-refractivity contribution is 7.92. The summed E-state index contributed by atoms with van der Waals surface area (Å²) in [4.78, 5) is 4.20. The Morgan fingerprint density at radius 1 is 1.32 bits per heavy atom. The highest BCUT2D eigenvalue weighted by atomic mass is 32.2. The molecule has 2 aromatic rings. The van der Waals surface area contributed by atoms with Gasteiger partial charge in [-0.2, -0.15) is 0 Å². The largest absolute Gasteiger partial charge is 0.378 e. The van der Waals surface area contributed by atoms with Crippen molar-refractivity contribution in [2.45, 2.75) is 6.54 Å². The van der Waals surface area contributed by atoms with Crippen LogP contribution in [-0.2, 0) is 23.6 Å². The summed E-state index contributed by atoms with van der Waals surface area (Å²) in [7, 11) is -1.33. The van der Waals surface area contributed by atoms with E-state index in [4.69, 9.17) is 0 Å². The monoisotopic (exact) mass is 280 g/mol. The summed E-state index contributed by atoms with van der Waals surface area (Å²) in [6, 6.07) is 7.10. The van der Waals surface area contributed by atoms with Crippen molar-refractivity contribution in [3.63, 3.8) is 0 Å². The fraction of sp³-hybridized carbons (Fsp3) is 0.250. The predicted molar refractivity (Wildman–Crippen MR) is 75.4 cm³/mol. The number of nitrogens with one attached hydrogen (secondary N) is 2. The van der Waals surface area contributed by atoms with E-state index in [1.807, 2.05) is 23.9 Å². The van der Waals surface area contributed by atoms with Crippen LogP contribution >= 0.6 is 0 Å². The van der Waals surface area contributed by atoms with Crippen molar-refractivity contribution >= 4 is 21.4 Å². The molecule has 0 unspecified atom stereocenters. The van der Waals surface area contributed by atoms with Gasteiger partial charge in [-0.15, -0.1) is 0 Å². The van der Waals surface area contributed by atoms with Gasteiger partial charge in [0.15, 0.2) is 0 Å². The number of anilines is 2. The summed E-state index contributed by atoms with van der Waals surface area (Å²) < 4.78 is 26.7. The maximum Gasteiger partial charge on any atom is 0.229 e. The Morgan fingerprint density at radius 3 is 2.68 bits per heavy atom. The molecular weight excluding hydrogens is 264 g/mol. The number of aromatic nitrogens is 2. The smallest absolute Gasteiger partial charge is 0.229 e. The zero-order valence-electron chi connectivity index (χ0n) is 10.8. The fourth-order valence-electron chi connectivity index (χ4n) is 1.65. The first-order valence-corrected chi connectivity index (χ1v) is 7.61. The van der Waals surface area contributed by atoms with Gasteiger partial charge in [-0.3, -0.25) is 4.72 Å². The maximum absolute atomic E-state index is 11.2. The average Bonchev–Trinajstić information content (AvgIpc) is 2.70. The summed E-state index contributed by atoms with van der Waals surface area (Å²) >= 11 is 0. The van der Waals surface area contributed by atoms with Crippen LogP contribution in [0.3, 0.4) is 0 Å². The van der Waals surface area contributed by atoms with E-state index in [2.05, 4.69) is 15.0 Å². The number of imidazole rings is 1. The molecule has 0 saturated heterocycles. The van der Waals surface area contributed by atoms with Crippen LogP contribution in [0, 0.1) is 0 Å². The number of hydrogen-bond donors (Lipinski definition) is 2. The summed E-state index contributed by atoms with van der Waals surface area (Å²) in [5.41, 5.74) is 1.36. The van der Waals surface area contributed by atoms with Crippen LogP contribution in [0.4, 0.5) is 11.4 Å². The third-order valence-electron chi connectivity index (χ3n) is 2.54. The van der Waals surface area contributed by atoms with Gasteiger partial charge in [0.25, 0.3) is 0 Å². The molecule has 102 valence electrons. The molecule has 2 N–H and O–H groups in total. The molecule has 0 aliphatic rings. The predicted octanol–water partition coefficient (Wildman–Crippen LogP) is 1.40. The number of hydrogen-bond acceptors (Lipinski definition) is 4. The lowest BCUT2D eigenvalue weighted by atomic mass is 10.3. The third-order valence-corrected chi connectivity index (χ3v) is 3.14. The molecule has 2 rings (SSSR count). The molecular formula is C12H16N4O2S. The molecule has 0 radical (unpaired) electrons. The zero-order chi connectivity index (χ0) is 13.9. The Hall–Kier alpha value is -2.02. The summed E-state index contributed by atoms with van der Waals surface area (Å²) in [6.07, 6.45) is 4.73. The third kappa shape index (κ3) is 3.99. The standard InChI is InChI=1S/C12H16N4O2S/c1-16-7-6-13-12(16)9-14-10-4-3-5-11(8-10)15-19(2,17)18/h3-8,14-15H,9H2,1-2H3. The molecule has 1 aromatic heterocycles. The van der Waals surface area contributed by atoms with Crippen LogP contribution in [0.25, 0.3) is 0 Å².